The molecule has 158 valence electrons. The number of ether oxygens (including phenoxy) is 1. The van der Waals surface area contributed by atoms with Gasteiger partial charge in [-0.15, -0.1) is 0 Å². The van der Waals surface area contributed by atoms with Crippen LogP contribution in [0.3, 0.4) is 0 Å². The molecule has 0 fully saturated rings. The molecular weight excluding hydrogens is 402 g/mol. The van der Waals surface area contributed by atoms with E-state index in [1.807, 2.05) is 91.0 Å². The minimum Gasteiger partial charge on any atom is -0.489 e. The van der Waals surface area contributed by atoms with Gasteiger partial charge in [-0.05, 0) is 46.8 Å². The van der Waals surface area contributed by atoms with Crippen LogP contribution in [0.25, 0.3) is 10.8 Å². The first kappa shape index (κ1) is 20.8. The largest absolute Gasteiger partial charge is 0.489 e. The van der Waals surface area contributed by atoms with Gasteiger partial charge in [0.1, 0.15) is 12.4 Å². The van der Waals surface area contributed by atoms with Gasteiger partial charge in [0.2, 0.25) is 0 Å². The second-order valence-corrected chi connectivity index (χ2v) is 7.02. The lowest BCUT2D eigenvalue weighted by atomic mass is 10.1. The summed E-state index contributed by atoms with van der Waals surface area (Å²) in [4.78, 5) is 24.3. The molecule has 2 N–H and O–H groups in total. The zero-order valence-corrected chi connectivity index (χ0v) is 17.2. The van der Waals surface area contributed by atoms with E-state index in [0.717, 1.165) is 27.6 Å². The predicted octanol–water partition coefficient (Wildman–Crippen LogP) is 4.51. The molecule has 0 saturated carbocycles. The van der Waals surface area contributed by atoms with E-state index in [1.165, 1.54) is 6.21 Å². The minimum atomic E-state index is -0.850. The van der Waals surface area contributed by atoms with Crippen molar-refractivity contribution in [2.75, 3.05) is 5.32 Å². The summed E-state index contributed by atoms with van der Waals surface area (Å²) < 4.78 is 5.74. The summed E-state index contributed by atoms with van der Waals surface area (Å²) in [6.45, 7) is 0.482. The Morgan fingerprint density at radius 1 is 0.781 bits per heavy atom. The summed E-state index contributed by atoms with van der Waals surface area (Å²) in [5.74, 6) is -0.912. The number of rotatable bonds is 6. The van der Waals surface area contributed by atoms with Crippen LogP contribution in [0.15, 0.2) is 102 Å². The molecule has 2 amide bonds. The minimum absolute atomic E-state index is 0.482. The molecule has 0 aliphatic rings. The topological polar surface area (TPSA) is 79.8 Å². The second kappa shape index (κ2) is 10.0. The monoisotopic (exact) mass is 423 g/mol. The number of carbonyl (C=O) groups excluding carboxylic acids is 2. The molecule has 6 heteroatoms. The van der Waals surface area contributed by atoms with Crippen molar-refractivity contribution >= 4 is 34.5 Å². The highest BCUT2D eigenvalue weighted by Crippen LogP contribution is 2.22. The van der Waals surface area contributed by atoms with Crippen molar-refractivity contribution in [1.29, 1.82) is 0 Å². The Balaban J connectivity index is 1.29. The van der Waals surface area contributed by atoms with Crippen LogP contribution >= 0.6 is 0 Å². The van der Waals surface area contributed by atoms with Crippen molar-refractivity contribution < 1.29 is 14.3 Å². The molecule has 0 aliphatic heterocycles. The van der Waals surface area contributed by atoms with Crippen molar-refractivity contribution in [3.63, 3.8) is 0 Å². The van der Waals surface area contributed by atoms with Crippen LogP contribution in [0, 0.1) is 0 Å². The highest BCUT2D eigenvalue weighted by Gasteiger charge is 2.14. The Morgan fingerprint density at radius 3 is 2.31 bits per heavy atom. The van der Waals surface area contributed by atoms with Crippen molar-refractivity contribution in [2.24, 2.45) is 5.10 Å². The fourth-order valence-electron chi connectivity index (χ4n) is 3.12. The SMILES string of the molecule is O=C(N/N=C\c1ccc(OCc2ccccc2)cc1)C(=O)Nc1cccc2ccccc12. The number of nitrogens with zero attached hydrogens (tertiary/aromatic N) is 1. The molecule has 0 aliphatic carbocycles. The quantitative estimate of drug-likeness (QED) is 0.272. The zero-order chi connectivity index (χ0) is 22.2. The van der Waals surface area contributed by atoms with E-state index in [4.69, 9.17) is 4.74 Å². The molecule has 0 radical (unpaired) electrons. The van der Waals surface area contributed by atoms with E-state index in [1.54, 1.807) is 6.07 Å². The Hall–Kier alpha value is -4.45. The molecule has 0 aromatic heterocycles. The molecule has 0 heterocycles. The zero-order valence-electron chi connectivity index (χ0n) is 17.2. The molecule has 0 saturated heterocycles. The summed E-state index contributed by atoms with van der Waals surface area (Å²) in [6.07, 6.45) is 1.46. The van der Waals surface area contributed by atoms with Crippen molar-refractivity contribution in [2.45, 2.75) is 6.61 Å². The molecule has 4 rings (SSSR count). The first-order valence-electron chi connectivity index (χ1n) is 10.1. The van der Waals surface area contributed by atoms with Crippen LogP contribution < -0.4 is 15.5 Å². The molecule has 0 spiro atoms. The smallest absolute Gasteiger partial charge is 0.329 e. The van der Waals surface area contributed by atoms with Gasteiger partial charge in [0, 0.05) is 11.1 Å². The third-order valence-electron chi connectivity index (χ3n) is 4.75. The lowest BCUT2D eigenvalue weighted by Crippen LogP contribution is -2.32. The average molecular weight is 423 g/mol. The van der Waals surface area contributed by atoms with Crippen LogP contribution in [0.2, 0.25) is 0 Å². The summed E-state index contributed by atoms with van der Waals surface area (Å²) in [6, 6.07) is 30.3. The van der Waals surface area contributed by atoms with Gasteiger partial charge in [0.05, 0.1) is 6.21 Å². The third-order valence-corrected chi connectivity index (χ3v) is 4.75. The molecule has 0 bridgehead atoms. The second-order valence-electron chi connectivity index (χ2n) is 7.02. The van der Waals surface area contributed by atoms with Gasteiger partial charge in [0.25, 0.3) is 0 Å². The lowest BCUT2D eigenvalue weighted by molar-refractivity contribution is -0.136. The number of benzene rings is 4. The van der Waals surface area contributed by atoms with E-state index in [-0.39, 0.29) is 0 Å². The number of nitrogens with one attached hydrogen (secondary N) is 2. The first-order chi connectivity index (χ1) is 15.7. The fourth-order valence-corrected chi connectivity index (χ4v) is 3.12. The van der Waals surface area contributed by atoms with Crippen molar-refractivity contribution in [1.82, 2.24) is 5.43 Å². The van der Waals surface area contributed by atoms with Gasteiger partial charge in [-0.1, -0.05) is 66.7 Å². The molecule has 0 atom stereocenters. The number of fused-ring (bicyclic) bond motifs is 1. The lowest BCUT2D eigenvalue weighted by Gasteiger charge is -2.07. The third kappa shape index (κ3) is 5.37. The van der Waals surface area contributed by atoms with E-state index >= 15 is 0 Å². The maximum atomic E-state index is 12.2. The Bertz CT molecular complexity index is 1250. The Labute approximate surface area is 185 Å². The van der Waals surface area contributed by atoms with Gasteiger partial charge in [-0.3, -0.25) is 9.59 Å². The van der Waals surface area contributed by atoms with Crippen molar-refractivity contribution in [3.8, 4) is 5.75 Å². The predicted molar refractivity (Wildman–Crippen MR) is 126 cm³/mol. The van der Waals surface area contributed by atoms with Gasteiger partial charge in [-0.25, -0.2) is 5.43 Å². The Morgan fingerprint density at radius 2 is 1.50 bits per heavy atom. The van der Waals surface area contributed by atoms with E-state index in [2.05, 4.69) is 15.8 Å². The number of amides is 2. The molecule has 6 nitrogen and oxygen atoms in total. The number of carbonyl (C=O) groups is 2. The maximum Gasteiger partial charge on any atom is 0.329 e. The summed E-state index contributed by atoms with van der Waals surface area (Å²) in [7, 11) is 0. The molecular formula is C26H21N3O3. The van der Waals surface area contributed by atoms with Gasteiger partial charge in [-0.2, -0.15) is 5.10 Å². The fraction of sp³-hybridized carbons (Fsp3) is 0.0385. The molecule has 4 aromatic rings. The number of hydrogen-bond acceptors (Lipinski definition) is 4. The first-order valence-corrected chi connectivity index (χ1v) is 10.1. The molecule has 0 unspecified atom stereocenters. The summed E-state index contributed by atoms with van der Waals surface area (Å²) in [5, 5.41) is 8.32. The number of anilines is 1. The Kier molecular flexibility index (Phi) is 6.53. The summed E-state index contributed by atoms with van der Waals surface area (Å²) >= 11 is 0. The van der Waals surface area contributed by atoms with Crippen LogP contribution in [0.5, 0.6) is 5.75 Å². The average Bonchev–Trinajstić information content (AvgIpc) is 2.84. The summed E-state index contributed by atoms with van der Waals surface area (Å²) in [5.41, 5.74) is 4.66. The van der Waals surface area contributed by atoms with Crippen LogP contribution in [-0.4, -0.2) is 18.0 Å². The van der Waals surface area contributed by atoms with Gasteiger partial charge in [0.15, 0.2) is 0 Å². The van der Waals surface area contributed by atoms with E-state index in [9.17, 15) is 9.59 Å². The maximum absolute atomic E-state index is 12.2. The number of hydrogen-bond donors (Lipinski definition) is 2. The molecule has 4 aromatic carbocycles. The molecule has 32 heavy (non-hydrogen) atoms. The van der Waals surface area contributed by atoms with Crippen LogP contribution in [-0.2, 0) is 16.2 Å². The standard InChI is InChI=1S/C26H21N3O3/c30-25(28-24-12-6-10-21-9-4-5-11-23(21)24)26(31)29-27-17-19-13-15-22(16-14-19)32-18-20-7-2-1-3-8-20/h1-17H,18H2,(H,28,30)(H,29,31)/b27-17-. The van der Waals surface area contributed by atoms with E-state index in [0.29, 0.717) is 12.3 Å². The van der Waals surface area contributed by atoms with E-state index < -0.39 is 11.8 Å². The van der Waals surface area contributed by atoms with Gasteiger partial charge < -0.3 is 10.1 Å². The van der Waals surface area contributed by atoms with Gasteiger partial charge >= 0.3 is 11.8 Å². The van der Waals surface area contributed by atoms with Crippen molar-refractivity contribution in [3.05, 3.63) is 108 Å². The highest BCUT2D eigenvalue weighted by molar-refractivity contribution is 6.40. The number of hydrazone groups is 1. The normalized spacial score (nSPS) is 10.8. The highest BCUT2D eigenvalue weighted by atomic mass is 16.5. The van der Waals surface area contributed by atoms with Crippen LogP contribution in [0.4, 0.5) is 5.69 Å². The van der Waals surface area contributed by atoms with Crippen LogP contribution in [0.1, 0.15) is 11.1 Å².